The van der Waals surface area contributed by atoms with E-state index >= 15 is 0 Å². The van der Waals surface area contributed by atoms with Crippen LogP contribution in [0.2, 0.25) is 0 Å². The number of rotatable bonds is 11. The Balaban J connectivity index is 1.25. The number of anilines is 1. The molecule has 4 atom stereocenters. The number of hydrogen-bond acceptors (Lipinski definition) is 7. The topological polar surface area (TPSA) is 105 Å². The van der Waals surface area contributed by atoms with Crippen LogP contribution in [0.4, 0.5) is 5.82 Å². The smallest absolute Gasteiger partial charge is 0.246 e. The third-order valence-electron chi connectivity index (χ3n) is 11.6. The molecule has 0 aliphatic carbocycles. The van der Waals surface area contributed by atoms with Crippen molar-refractivity contribution in [2.24, 2.45) is 14.1 Å². The van der Waals surface area contributed by atoms with Crippen molar-refractivity contribution >= 4 is 17.6 Å². The van der Waals surface area contributed by atoms with Gasteiger partial charge in [0.2, 0.25) is 11.8 Å². The van der Waals surface area contributed by atoms with Crippen molar-refractivity contribution in [3.8, 4) is 22.5 Å². The summed E-state index contributed by atoms with van der Waals surface area (Å²) in [5.74, 6) is 1.32. The van der Waals surface area contributed by atoms with Gasteiger partial charge in [-0.1, -0.05) is 33.4 Å². The Labute approximate surface area is 313 Å². The lowest BCUT2D eigenvalue weighted by molar-refractivity contribution is -0.127. The van der Waals surface area contributed by atoms with Crippen molar-refractivity contribution < 1.29 is 9.59 Å². The summed E-state index contributed by atoms with van der Waals surface area (Å²) in [5.41, 5.74) is 8.09. The molecule has 4 aromatic heterocycles. The Morgan fingerprint density at radius 1 is 0.887 bits per heavy atom. The van der Waals surface area contributed by atoms with Crippen molar-refractivity contribution in [1.29, 1.82) is 0 Å². The summed E-state index contributed by atoms with van der Waals surface area (Å²) in [6.07, 6.45) is 16.1. The summed E-state index contributed by atoms with van der Waals surface area (Å²) in [7, 11) is 3.91. The van der Waals surface area contributed by atoms with Crippen molar-refractivity contribution in [3.63, 3.8) is 0 Å². The number of hydrogen-bond donors (Lipinski definition) is 0. The molecule has 4 unspecified atom stereocenters. The standard InChI is InChI=1S/C42H53N9O2/c1-7-13-28(4)36-21-31(33(24-43-36)29-14-19-50(26-29)41(52)8-2)37-23-38(48(6)46-37)39-20-30(27-51(39)42(53)9-3)34-25-44-40(49-16-11-10-12-17-49)22-32(34)35-15-18-47(5)45-35/h8-9,15,18,21-25,28-30,39H,2-3,7,10-14,16-17,19-20,26-27H2,1,4-6H3. The minimum absolute atomic E-state index is 0.0343. The molecule has 4 aromatic rings. The molecular weight excluding hydrogens is 663 g/mol. The van der Waals surface area contributed by atoms with Gasteiger partial charge in [-0.15, -0.1) is 0 Å². The molecule has 3 aliphatic heterocycles. The first-order chi connectivity index (χ1) is 25.7. The zero-order valence-electron chi connectivity index (χ0n) is 31.7. The van der Waals surface area contributed by atoms with Crippen LogP contribution < -0.4 is 4.90 Å². The zero-order valence-corrected chi connectivity index (χ0v) is 31.7. The number of aromatic nitrogens is 6. The molecule has 278 valence electrons. The van der Waals surface area contributed by atoms with Gasteiger partial charge < -0.3 is 14.7 Å². The molecule has 0 saturated carbocycles. The zero-order chi connectivity index (χ0) is 37.2. The number of nitrogens with zero attached hydrogens (tertiary/aromatic N) is 9. The summed E-state index contributed by atoms with van der Waals surface area (Å²) >= 11 is 0. The van der Waals surface area contributed by atoms with Crippen molar-refractivity contribution in [1.82, 2.24) is 39.3 Å². The van der Waals surface area contributed by atoms with Crippen LogP contribution in [0.25, 0.3) is 22.5 Å². The van der Waals surface area contributed by atoms with E-state index in [1.165, 1.54) is 31.4 Å². The summed E-state index contributed by atoms with van der Waals surface area (Å²) < 4.78 is 3.77. The lowest BCUT2D eigenvalue weighted by atomic mass is 9.90. The molecule has 3 aliphatic rings. The fourth-order valence-electron chi connectivity index (χ4n) is 8.71. The summed E-state index contributed by atoms with van der Waals surface area (Å²) in [6.45, 7) is 15.9. The van der Waals surface area contributed by atoms with Gasteiger partial charge in [0.05, 0.1) is 23.1 Å². The van der Waals surface area contributed by atoms with Gasteiger partial charge in [-0.25, -0.2) is 4.98 Å². The van der Waals surface area contributed by atoms with Crippen LogP contribution in [-0.2, 0) is 23.7 Å². The maximum Gasteiger partial charge on any atom is 0.246 e. The predicted molar refractivity (Wildman–Crippen MR) is 208 cm³/mol. The average Bonchev–Trinajstić information content (AvgIpc) is 4.01. The van der Waals surface area contributed by atoms with Crippen LogP contribution >= 0.6 is 0 Å². The van der Waals surface area contributed by atoms with Crippen LogP contribution in [0, 0.1) is 0 Å². The Bertz CT molecular complexity index is 1990. The van der Waals surface area contributed by atoms with Crippen LogP contribution in [0.3, 0.4) is 0 Å². The quantitative estimate of drug-likeness (QED) is 0.155. The number of carbonyl (C=O) groups is 2. The highest BCUT2D eigenvalue weighted by Gasteiger charge is 2.40. The molecule has 7 heterocycles. The number of aryl methyl sites for hydroxylation is 2. The largest absolute Gasteiger partial charge is 0.357 e. The van der Waals surface area contributed by atoms with E-state index in [9.17, 15) is 9.59 Å². The highest BCUT2D eigenvalue weighted by Crippen LogP contribution is 2.45. The van der Waals surface area contributed by atoms with Crippen molar-refractivity contribution in [3.05, 3.63) is 90.7 Å². The molecule has 11 nitrogen and oxygen atoms in total. The molecule has 7 rings (SSSR count). The number of amides is 2. The second-order valence-corrected chi connectivity index (χ2v) is 15.1. The first kappa shape index (κ1) is 36.3. The minimum Gasteiger partial charge on any atom is -0.357 e. The van der Waals surface area contributed by atoms with E-state index in [0.717, 1.165) is 83.2 Å². The van der Waals surface area contributed by atoms with E-state index < -0.39 is 0 Å². The molecule has 0 N–H and O–H groups in total. The summed E-state index contributed by atoms with van der Waals surface area (Å²) in [4.78, 5) is 42.2. The van der Waals surface area contributed by atoms with E-state index in [-0.39, 0.29) is 29.7 Å². The number of piperidine rings is 1. The molecule has 2 amide bonds. The van der Waals surface area contributed by atoms with Crippen LogP contribution in [-0.4, -0.2) is 83.9 Å². The monoisotopic (exact) mass is 715 g/mol. The second-order valence-electron chi connectivity index (χ2n) is 15.1. The second kappa shape index (κ2) is 15.5. The minimum atomic E-state index is -0.217. The van der Waals surface area contributed by atoms with E-state index in [1.54, 1.807) is 0 Å². The molecule has 3 saturated heterocycles. The van der Waals surface area contributed by atoms with Crippen LogP contribution in [0.5, 0.6) is 0 Å². The third kappa shape index (κ3) is 7.30. The van der Waals surface area contributed by atoms with Crippen LogP contribution in [0.1, 0.15) is 105 Å². The van der Waals surface area contributed by atoms with Gasteiger partial charge in [-0.05, 0) is 92.0 Å². The number of pyridine rings is 2. The first-order valence-electron chi connectivity index (χ1n) is 19.3. The molecule has 11 heteroatoms. The van der Waals surface area contributed by atoms with Gasteiger partial charge in [0.15, 0.2) is 0 Å². The Morgan fingerprint density at radius 3 is 2.34 bits per heavy atom. The Kier molecular flexibility index (Phi) is 10.6. The predicted octanol–water partition coefficient (Wildman–Crippen LogP) is 6.92. The normalized spacial score (nSPS) is 20.9. The molecule has 0 aromatic carbocycles. The first-order valence-corrected chi connectivity index (χ1v) is 19.3. The molecule has 0 bridgehead atoms. The highest BCUT2D eigenvalue weighted by molar-refractivity contribution is 5.88. The lowest BCUT2D eigenvalue weighted by Gasteiger charge is -2.28. The number of carbonyl (C=O) groups excluding carboxylic acids is 2. The molecule has 3 fully saturated rings. The Morgan fingerprint density at radius 2 is 1.62 bits per heavy atom. The Hall–Kier alpha value is -5.06. The number of likely N-dealkylation sites (tertiary alicyclic amines) is 2. The molecule has 0 spiro atoms. The molecular formula is C42H53N9O2. The summed E-state index contributed by atoms with van der Waals surface area (Å²) in [6, 6.07) is 8.41. The molecule has 0 radical (unpaired) electrons. The van der Waals surface area contributed by atoms with Gasteiger partial charge in [0.1, 0.15) is 5.82 Å². The van der Waals surface area contributed by atoms with E-state index in [2.05, 4.69) is 56.2 Å². The van der Waals surface area contributed by atoms with Crippen LogP contribution in [0.15, 0.2) is 68.2 Å². The SMILES string of the molecule is C=CC(=O)N1CCC(c2cnc(C(C)CCC)cc2-c2cc(C3CC(c4cnc(N5CCCCC5)cc4-c4ccn(C)n4)CN3C(=O)C=C)n(C)n2)C1. The van der Waals surface area contributed by atoms with Crippen molar-refractivity contribution in [2.45, 2.75) is 82.6 Å². The lowest BCUT2D eigenvalue weighted by Crippen LogP contribution is -2.30. The molecule has 53 heavy (non-hydrogen) atoms. The fraction of sp³-hybridized carbons (Fsp3) is 0.476. The third-order valence-corrected chi connectivity index (χ3v) is 11.6. The van der Waals surface area contributed by atoms with E-state index in [1.807, 2.05) is 51.8 Å². The van der Waals surface area contributed by atoms with Crippen molar-refractivity contribution in [2.75, 3.05) is 37.6 Å². The van der Waals surface area contributed by atoms with Gasteiger partial charge in [-0.2, -0.15) is 10.2 Å². The van der Waals surface area contributed by atoms with E-state index in [0.29, 0.717) is 32.0 Å². The average molecular weight is 716 g/mol. The van der Waals surface area contributed by atoms with Gasteiger partial charge >= 0.3 is 0 Å². The maximum absolute atomic E-state index is 13.6. The van der Waals surface area contributed by atoms with Gasteiger partial charge in [-0.3, -0.25) is 23.9 Å². The van der Waals surface area contributed by atoms with Gasteiger partial charge in [0, 0.05) is 94.1 Å². The summed E-state index contributed by atoms with van der Waals surface area (Å²) in [5, 5.41) is 9.94. The van der Waals surface area contributed by atoms with E-state index in [4.69, 9.17) is 20.2 Å². The fourth-order valence-corrected chi connectivity index (χ4v) is 8.71. The van der Waals surface area contributed by atoms with Gasteiger partial charge in [0.25, 0.3) is 0 Å². The maximum atomic E-state index is 13.6. The highest BCUT2D eigenvalue weighted by atomic mass is 16.2.